The van der Waals surface area contributed by atoms with Gasteiger partial charge in [0.2, 0.25) is 0 Å². The second kappa shape index (κ2) is 24.3. The van der Waals surface area contributed by atoms with E-state index in [2.05, 4.69) is 10.0 Å². The van der Waals surface area contributed by atoms with Crippen LogP contribution in [-0.4, -0.2) is 260 Å². The van der Waals surface area contributed by atoms with E-state index in [1.807, 2.05) is 6.07 Å². The van der Waals surface area contributed by atoms with Gasteiger partial charge in [-0.1, -0.05) is 35.4 Å². The monoisotopic (exact) mass is 1010 g/mol. The molecular weight excluding hydrogens is 942 g/mol. The fourth-order valence-electron chi connectivity index (χ4n) is 10.2. The molecule has 8 rings (SSSR count). The highest BCUT2D eigenvalue weighted by Crippen LogP contribution is 2.40. The number of aliphatic hydroxyl groups is 6. The molecule has 27 heteroatoms. The van der Waals surface area contributed by atoms with E-state index in [-0.39, 0.29) is 19.8 Å². The van der Waals surface area contributed by atoms with Crippen molar-refractivity contribution in [3.05, 3.63) is 46.3 Å². The van der Waals surface area contributed by atoms with Gasteiger partial charge < -0.3 is 116 Å². The first kappa shape index (κ1) is 53.8. The summed E-state index contributed by atoms with van der Waals surface area (Å²) in [5, 5.41) is 70.4. The van der Waals surface area contributed by atoms with E-state index in [1.54, 1.807) is 24.3 Å². The maximum absolute atomic E-state index is 11.5. The topological polar surface area (TPSA) is 336 Å². The molecular formula is C43H65N3O24. The predicted molar refractivity (Wildman–Crippen MR) is 226 cm³/mol. The Balaban J connectivity index is 0.935. The van der Waals surface area contributed by atoms with Gasteiger partial charge in [0.05, 0.1) is 39.1 Å². The number of fused-ring (bicyclic) bond motifs is 3. The van der Waals surface area contributed by atoms with Crippen LogP contribution in [0, 0.1) is 0 Å². The highest BCUT2D eigenvalue weighted by Gasteiger charge is 2.59. The van der Waals surface area contributed by atoms with Crippen molar-refractivity contribution in [3.63, 3.8) is 0 Å². The molecule has 11 unspecified atom stereocenters. The molecule has 7 aliphatic rings. The largest absolute Gasteiger partial charge is 0.394 e. The van der Waals surface area contributed by atoms with Crippen molar-refractivity contribution < 1.29 is 116 Å². The van der Waals surface area contributed by atoms with Crippen LogP contribution in [0.4, 0.5) is 0 Å². The Kier molecular flexibility index (Phi) is 18.7. The second-order valence-corrected chi connectivity index (χ2v) is 17.6. The first-order valence-corrected chi connectivity index (χ1v) is 22.9. The average molecular weight is 1010 g/mol. The standard InChI is InChI=1S/C43H65N3O24/c1-53-14-20-32(35(56-4)37(58-6)43(65-20)69-31-22-16-60-39(63-22)23(45-46-44)33(31)54-2)70-42-36(57-5)34(55-3)30(19(13-48)62-42)68-40-26(51)24(49)28(18(12-47)61-40)67-41-27(52)25(50)29-21(64-41)15-59-38(66-29)17-10-8-7-9-11-17/h7-11,18-43,47-52H,12-16H2,1-6H3/t18?,19-,20-,21?,22?,23-,24?,25?,26-,27-,28+,29+,30+,31-,32+,33?,34?,35?,36?,37?,38?,39+,40-,41-,42+,43-/m0/s1. The molecule has 7 fully saturated rings. The molecule has 396 valence electrons. The Morgan fingerprint density at radius 2 is 1.07 bits per heavy atom. The SMILES string of the molecule is COC[C@@H]1O[C@@H](O[C@H]2C3CO[C@H](O3)[C@@H](N=[N+]=[N-])C2OC)C(OC)C(OC)[C@@H]1O[C@H]1O[C@@H](CO)[C@@H](O[C@@H]2OC(CO)[C@@H](O[C@@H]3OC4COC(c5ccccc5)O[C@H]4C(O)[C@@H]3O)C(O)[C@@H]2O)C(OC)C1OC. The van der Waals surface area contributed by atoms with Gasteiger partial charge in [-0.3, -0.25) is 0 Å². The maximum Gasteiger partial charge on any atom is 0.187 e. The lowest BCUT2D eigenvalue weighted by molar-refractivity contribution is -0.400. The third kappa shape index (κ3) is 10.7. The molecule has 27 nitrogen and oxygen atoms in total. The number of azide groups is 1. The van der Waals surface area contributed by atoms with Gasteiger partial charge in [0.25, 0.3) is 0 Å². The van der Waals surface area contributed by atoms with Crippen molar-refractivity contribution in [2.75, 3.05) is 75.7 Å². The Bertz CT molecular complexity index is 1830. The van der Waals surface area contributed by atoms with E-state index in [9.17, 15) is 36.2 Å². The summed E-state index contributed by atoms with van der Waals surface area (Å²) in [6.45, 7) is -1.44. The third-order valence-electron chi connectivity index (χ3n) is 13.7. The molecule has 70 heavy (non-hydrogen) atoms. The van der Waals surface area contributed by atoms with Crippen molar-refractivity contribution >= 4 is 0 Å². The summed E-state index contributed by atoms with van der Waals surface area (Å²) in [5.74, 6) is 0. The van der Waals surface area contributed by atoms with Gasteiger partial charge in [0, 0.05) is 53.1 Å². The highest BCUT2D eigenvalue weighted by atomic mass is 16.8. The van der Waals surface area contributed by atoms with Gasteiger partial charge in [-0.2, -0.15) is 0 Å². The minimum atomic E-state index is -1.88. The Morgan fingerprint density at radius 3 is 1.69 bits per heavy atom. The molecule has 0 aliphatic carbocycles. The zero-order valence-electron chi connectivity index (χ0n) is 39.3. The smallest absolute Gasteiger partial charge is 0.187 e. The normalized spacial score (nSPS) is 47.3. The number of methoxy groups -OCH3 is 6. The molecule has 7 saturated heterocycles. The van der Waals surface area contributed by atoms with Gasteiger partial charge in [0.1, 0.15) is 116 Å². The molecule has 0 radical (unpaired) electrons. The first-order valence-electron chi connectivity index (χ1n) is 22.9. The van der Waals surface area contributed by atoms with E-state index in [0.717, 1.165) is 0 Å². The van der Waals surface area contributed by atoms with E-state index in [1.165, 1.54) is 42.7 Å². The lowest BCUT2D eigenvalue weighted by atomic mass is 9.95. The molecule has 1 aromatic rings. The average Bonchev–Trinajstić information content (AvgIpc) is 3.82. The van der Waals surface area contributed by atoms with Crippen LogP contribution >= 0.6 is 0 Å². The van der Waals surface area contributed by atoms with Crippen LogP contribution in [0.2, 0.25) is 0 Å². The summed E-state index contributed by atoms with van der Waals surface area (Å²) in [6, 6.07) is 8.14. The molecule has 0 aromatic heterocycles. The minimum absolute atomic E-state index is 0.0474. The molecule has 1 aromatic carbocycles. The lowest BCUT2D eigenvalue weighted by Crippen LogP contribution is -2.68. The molecule has 0 saturated carbocycles. The fraction of sp³-hybridized carbons (Fsp3) is 0.860. The fourth-order valence-corrected chi connectivity index (χ4v) is 10.2. The molecule has 26 atom stereocenters. The van der Waals surface area contributed by atoms with Crippen LogP contribution < -0.4 is 0 Å². The van der Waals surface area contributed by atoms with Crippen molar-refractivity contribution in [1.82, 2.24) is 0 Å². The van der Waals surface area contributed by atoms with Crippen LogP contribution in [0.1, 0.15) is 11.9 Å². The van der Waals surface area contributed by atoms with Crippen molar-refractivity contribution in [3.8, 4) is 0 Å². The van der Waals surface area contributed by atoms with Gasteiger partial charge in [-0.15, -0.1) is 0 Å². The Morgan fingerprint density at radius 1 is 0.543 bits per heavy atom. The number of hydrogen-bond acceptors (Lipinski definition) is 25. The lowest BCUT2D eigenvalue weighted by Gasteiger charge is -2.51. The molecule has 6 N–H and O–H groups in total. The second-order valence-electron chi connectivity index (χ2n) is 17.6. The van der Waals surface area contributed by atoms with Gasteiger partial charge >= 0.3 is 0 Å². The molecule has 7 aliphatic heterocycles. The summed E-state index contributed by atoms with van der Waals surface area (Å²) < 4.78 is 109. The Labute approximate surface area is 402 Å². The number of nitrogens with zero attached hydrogens (tertiary/aromatic N) is 3. The first-order chi connectivity index (χ1) is 34.0. The highest BCUT2D eigenvalue weighted by molar-refractivity contribution is 5.17. The number of rotatable bonds is 19. The van der Waals surface area contributed by atoms with Crippen LogP contribution in [0.25, 0.3) is 10.4 Å². The van der Waals surface area contributed by atoms with Crippen molar-refractivity contribution in [2.45, 2.75) is 160 Å². The van der Waals surface area contributed by atoms with E-state index >= 15 is 0 Å². The number of aliphatic hydroxyl groups excluding tert-OH is 6. The van der Waals surface area contributed by atoms with Crippen LogP contribution in [0.15, 0.2) is 35.4 Å². The van der Waals surface area contributed by atoms with Crippen LogP contribution in [-0.2, 0) is 85.3 Å². The zero-order valence-corrected chi connectivity index (χ0v) is 39.3. The third-order valence-corrected chi connectivity index (χ3v) is 13.7. The number of ether oxygens (including phenoxy) is 18. The zero-order chi connectivity index (χ0) is 49.8. The minimum Gasteiger partial charge on any atom is -0.394 e. The summed E-state index contributed by atoms with van der Waals surface area (Å²) in [6.07, 6.45) is -30.2. The molecule has 0 spiro atoms. The van der Waals surface area contributed by atoms with Gasteiger partial charge in [-0.25, -0.2) is 0 Å². The summed E-state index contributed by atoms with van der Waals surface area (Å²) in [5.41, 5.74) is 9.97. The summed E-state index contributed by atoms with van der Waals surface area (Å²) in [7, 11) is 8.48. The number of benzene rings is 1. The van der Waals surface area contributed by atoms with Gasteiger partial charge in [0.15, 0.2) is 37.7 Å². The van der Waals surface area contributed by atoms with Crippen molar-refractivity contribution in [1.29, 1.82) is 0 Å². The quantitative estimate of drug-likeness (QED) is 0.0461. The van der Waals surface area contributed by atoms with Crippen molar-refractivity contribution in [2.24, 2.45) is 5.11 Å². The summed E-state index contributed by atoms with van der Waals surface area (Å²) >= 11 is 0. The molecule has 7 heterocycles. The van der Waals surface area contributed by atoms with Gasteiger partial charge in [-0.05, 0) is 5.53 Å². The predicted octanol–water partition coefficient (Wildman–Crippen LogP) is -2.88. The maximum atomic E-state index is 11.5. The Hall–Kier alpha value is -2.43. The molecule has 0 amide bonds. The van der Waals surface area contributed by atoms with Crippen LogP contribution in [0.3, 0.4) is 0 Å². The van der Waals surface area contributed by atoms with Crippen LogP contribution in [0.5, 0.6) is 0 Å². The van der Waals surface area contributed by atoms with E-state index < -0.39 is 173 Å². The number of hydrogen-bond donors (Lipinski definition) is 6. The molecule has 2 bridgehead atoms. The summed E-state index contributed by atoms with van der Waals surface area (Å²) in [4.78, 5) is 2.94. The van der Waals surface area contributed by atoms with E-state index in [0.29, 0.717) is 5.56 Å². The van der Waals surface area contributed by atoms with E-state index in [4.69, 9.17) is 85.3 Å².